The van der Waals surface area contributed by atoms with Crippen LogP contribution in [0.15, 0.2) is 41.3 Å². The van der Waals surface area contributed by atoms with Crippen molar-refractivity contribution in [2.75, 3.05) is 19.0 Å². The van der Waals surface area contributed by atoms with Gasteiger partial charge in [-0.15, -0.1) is 0 Å². The summed E-state index contributed by atoms with van der Waals surface area (Å²) >= 11 is 0. The summed E-state index contributed by atoms with van der Waals surface area (Å²) in [6, 6.07) is 8.46. The Morgan fingerprint density at radius 2 is 1.97 bits per heavy atom. The zero-order valence-corrected chi connectivity index (χ0v) is 17.6. The molecule has 1 saturated heterocycles. The minimum Gasteiger partial charge on any atom is -0.495 e. The number of methoxy groups -OCH3 is 1. The molecule has 2 aromatic carbocycles. The first kappa shape index (κ1) is 21.3. The van der Waals surface area contributed by atoms with Crippen LogP contribution in [-0.2, 0) is 10.0 Å². The van der Waals surface area contributed by atoms with Crippen LogP contribution in [0.25, 0.3) is 0 Å². The van der Waals surface area contributed by atoms with Crippen molar-refractivity contribution in [2.45, 2.75) is 44.0 Å². The van der Waals surface area contributed by atoms with E-state index in [0.717, 1.165) is 24.8 Å². The van der Waals surface area contributed by atoms with Crippen molar-refractivity contribution >= 4 is 21.6 Å². The lowest BCUT2D eigenvalue weighted by atomic mass is 10.1. The van der Waals surface area contributed by atoms with Crippen LogP contribution in [0.1, 0.15) is 42.1 Å². The van der Waals surface area contributed by atoms with Crippen LogP contribution in [0.2, 0.25) is 0 Å². The lowest BCUT2D eigenvalue weighted by Gasteiger charge is -2.32. The molecule has 1 heterocycles. The van der Waals surface area contributed by atoms with Crippen molar-refractivity contribution < 1.29 is 22.3 Å². The summed E-state index contributed by atoms with van der Waals surface area (Å²) in [7, 11) is -2.46. The van der Waals surface area contributed by atoms with E-state index in [1.165, 1.54) is 41.7 Å². The Morgan fingerprint density at radius 3 is 2.66 bits per heavy atom. The molecule has 0 bridgehead atoms. The number of hydrogen-bond acceptors (Lipinski definition) is 4. The molecule has 3 rings (SSSR count). The SMILES string of the molecule is COc1ccc(C(=O)Nc2cc(C)ccc2F)cc1S(=O)(=O)N1CCCCC1C. The van der Waals surface area contributed by atoms with E-state index in [9.17, 15) is 17.6 Å². The first-order valence-corrected chi connectivity index (χ1v) is 11.0. The molecule has 2 aromatic rings. The average Bonchev–Trinajstić information content (AvgIpc) is 2.70. The molecule has 0 saturated carbocycles. The molecule has 6 nitrogen and oxygen atoms in total. The predicted molar refractivity (Wildman–Crippen MR) is 109 cm³/mol. The molecular weight excluding hydrogens is 395 g/mol. The number of aryl methyl sites for hydroxylation is 1. The fourth-order valence-corrected chi connectivity index (χ4v) is 5.39. The number of carbonyl (C=O) groups is 1. The Hall–Kier alpha value is -2.45. The van der Waals surface area contributed by atoms with E-state index in [1.807, 2.05) is 6.92 Å². The number of anilines is 1. The van der Waals surface area contributed by atoms with Gasteiger partial charge in [0.15, 0.2) is 0 Å². The Morgan fingerprint density at radius 1 is 1.21 bits per heavy atom. The predicted octanol–water partition coefficient (Wildman–Crippen LogP) is 3.96. The number of carbonyl (C=O) groups excluding carboxylic acids is 1. The van der Waals surface area contributed by atoms with E-state index < -0.39 is 21.7 Å². The highest BCUT2D eigenvalue weighted by Gasteiger charge is 2.33. The van der Waals surface area contributed by atoms with Gasteiger partial charge < -0.3 is 10.1 Å². The minimum atomic E-state index is -3.84. The summed E-state index contributed by atoms with van der Waals surface area (Å²) in [5, 5.41) is 2.51. The molecule has 1 amide bonds. The van der Waals surface area contributed by atoms with Crippen molar-refractivity contribution in [1.82, 2.24) is 4.31 Å². The summed E-state index contributed by atoms with van der Waals surface area (Å²) < 4.78 is 47.2. The van der Waals surface area contributed by atoms with E-state index in [-0.39, 0.29) is 27.9 Å². The van der Waals surface area contributed by atoms with Crippen LogP contribution >= 0.6 is 0 Å². The monoisotopic (exact) mass is 420 g/mol. The van der Waals surface area contributed by atoms with Gasteiger partial charge in [-0.3, -0.25) is 4.79 Å². The Bertz CT molecular complexity index is 1020. The summed E-state index contributed by atoms with van der Waals surface area (Å²) in [5.74, 6) is -0.992. The van der Waals surface area contributed by atoms with Crippen LogP contribution in [0.3, 0.4) is 0 Å². The number of amides is 1. The molecule has 29 heavy (non-hydrogen) atoms. The number of benzene rings is 2. The van der Waals surface area contributed by atoms with Crippen LogP contribution in [0.5, 0.6) is 5.75 Å². The van der Waals surface area contributed by atoms with E-state index in [0.29, 0.717) is 6.54 Å². The van der Waals surface area contributed by atoms with E-state index >= 15 is 0 Å². The Labute approximate surface area is 170 Å². The fourth-order valence-electron chi connectivity index (χ4n) is 3.50. The molecular formula is C21H25FN2O4S. The second kappa shape index (κ2) is 8.51. The number of hydrogen-bond donors (Lipinski definition) is 1. The largest absolute Gasteiger partial charge is 0.495 e. The highest BCUT2D eigenvalue weighted by molar-refractivity contribution is 7.89. The van der Waals surface area contributed by atoms with Crippen LogP contribution in [0, 0.1) is 12.7 Å². The second-order valence-corrected chi connectivity index (χ2v) is 9.12. The smallest absolute Gasteiger partial charge is 0.255 e. The first-order valence-electron chi connectivity index (χ1n) is 9.51. The normalized spacial score (nSPS) is 17.7. The standard InChI is InChI=1S/C21H25FN2O4S/c1-14-7-9-17(22)18(12-14)23-21(25)16-8-10-19(28-3)20(13-16)29(26,27)24-11-5-4-6-15(24)2/h7-10,12-13,15H,4-6,11H2,1-3H3,(H,23,25). The zero-order chi connectivity index (χ0) is 21.2. The van der Waals surface area contributed by atoms with Gasteiger partial charge in [-0.05, 0) is 62.6 Å². The number of rotatable bonds is 5. The van der Waals surface area contributed by atoms with Crippen LogP contribution in [0.4, 0.5) is 10.1 Å². The summed E-state index contributed by atoms with van der Waals surface area (Å²) in [5.41, 5.74) is 0.939. The van der Waals surface area contributed by atoms with Gasteiger partial charge in [-0.25, -0.2) is 12.8 Å². The molecule has 0 radical (unpaired) electrons. The van der Waals surface area contributed by atoms with Crippen molar-refractivity contribution in [3.8, 4) is 5.75 Å². The molecule has 1 fully saturated rings. The lowest BCUT2D eigenvalue weighted by Crippen LogP contribution is -2.42. The first-order chi connectivity index (χ1) is 13.7. The van der Waals surface area contributed by atoms with Gasteiger partial charge in [0.1, 0.15) is 16.5 Å². The van der Waals surface area contributed by atoms with E-state index in [2.05, 4.69) is 5.32 Å². The molecule has 1 unspecified atom stereocenters. The van der Waals surface area contributed by atoms with E-state index in [4.69, 9.17) is 4.74 Å². The Balaban J connectivity index is 1.96. The zero-order valence-electron chi connectivity index (χ0n) is 16.7. The van der Waals surface area contributed by atoms with Gasteiger partial charge in [0.2, 0.25) is 10.0 Å². The van der Waals surface area contributed by atoms with Gasteiger partial charge in [-0.2, -0.15) is 4.31 Å². The second-order valence-electron chi connectivity index (χ2n) is 7.26. The summed E-state index contributed by atoms with van der Waals surface area (Å²) in [4.78, 5) is 12.6. The van der Waals surface area contributed by atoms with Crippen molar-refractivity contribution in [3.63, 3.8) is 0 Å². The molecule has 0 aromatic heterocycles. The van der Waals surface area contributed by atoms with Gasteiger partial charge in [-0.1, -0.05) is 12.5 Å². The van der Waals surface area contributed by atoms with Crippen molar-refractivity contribution in [1.29, 1.82) is 0 Å². The van der Waals surface area contributed by atoms with Crippen molar-refractivity contribution in [2.24, 2.45) is 0 Å². The molecule has 1 atom stereocenters. The van der Waals surface area contributed by atoms with Gasteiger partial charge in [0.05, 0.1) is 12.8 Å². The lowest BCUT2D eigenvalue weighted by molar-refractivity contribution is 0.102. The maximum Gasteiger partial charge on any atom is 0.255 e. The third kappa shape index (κ3) is 4.43. The molecule has 156 valence electrons. The molecule has 1 aliphatic heterocycles. The summed E-state index contributed by atoms with van der Waals surface area (Å²) in [6.07, 6.45) is 2.56. The number of halogens is 1. The van der Waals surface area contributed by atoms with Crippen LogP contribution < -0.4 is 10.1 Å². The molecule has 0 aliphatic carbocycles. The quantitative estimate of drug-likeness (QED) is 0.795. The van der Waals surface area contributed by atoms with Crippen molar-refractivity contribution in [3.05, 3.63) is 53.3 Å². The third-order valence-electron chi connectivity index (χ3n) is 5.12. The minimum absolute atomic E-state index is 0.0416. The van der Waals surface area contributed by atoms with Crippen LogP contribution in [-0.4, -0.2) is 38.3 Å². The third-order valence-corrected chi connectivity index (χ3v) is 7.16. The fraction of sp³-hybridized carbons (Fsp3) is 0.381. The molecule has 8 heteroatoms. The van der Waals surface area contributed by atoms with Gasteiger partial charge in [0, 0.05) is 18.2 Å². The average molecular weight is 421 g/mol. The number of piperidine rings is 1. The summed E-state index contributed by atoms with van der Waals surface area (Å²) in [6.45, 7) is 4.09. The Kier molecular flexibility index (Phi) is 6.24. The molecule has 0 spiro atoms. The number of ether oxygens (including phenoxy) is 1. The maximum absolute atomic E-state index is 14.0. The number of nitrogens with zero attached hydrogens (tertiary/aromatic N) is 1. The highest BCUT2D eigenvalue weighted by atomic mass is 32.2. The number of sulfonamides is 1. The molecule has 1 aliphatic rings. The van der Waals surface area contributed by atoms with E-state index in [1.54, 1.807) is 13.0 Å². The maximum atomic E-state index is 14.0. The van der Waals surface area contributed by atoms with Gasteiger partial charge >= 0.3 is 0 Å². The molecule has 1 N–H and O–H groups in total. The highest BCUT2D eigenvalue weighted by Crippen LogP contribution is 2.32. The number of nitrogens with one attached hydrogen (secondary N) is 1. The topological polar surface area (TPSA) is 75.7 Å². The van der Waals surface area contributed by atoms with Gasteiger partial charge in [0.25, 0.3) is 5.91 Å².